The second kappa shape index (κ2) is 10.6. The van der Waals surface area contributed by atoms with Gasteiger partial charge in [0, 0.05) is 17.5 Å². The van der Waals surface area contributed by atoms with Gasteiger partial charge in [0.05, 0.1) is 24.2 Å². The number of esters is 1. The number of nitriles is 1. The predicted molar refractivity (Wildman–Crippen MR) is 137 cm³/mol. The van der Waals surface area contributed by atoms with Gasteiger partial charge < -0.3 is 9.47 Å². The first-order valence-electron chi connectivity index (χ1n) is 12.0. The number of fused-ring (bicyclic) bond motifs is 4. The quantitative estimate of drug-likeness (QED) is 0.420. The van der Waals surface area contributed by atoms with E-state index in [9.17, 15) is 10.1 Å². The van der Waals surface area contributed by atoms with Crippen LogP contribution in [0.15, 0.2) is 54.6 Å². The molecule has 5 atom stereocenters. The summed E-state index contributed by atoms with van der Waals surface area (Å²) in [5, 5.41) is 10.5. The van der Waals surface area contributed by atoms with Gasteiger partial charge in [-0.05, 0) is 67.6 Å². The zero-order valence-corrected chi connectivity index (χ0v) is 20.8. The number of piperidine rings is 3. The molecule has 2 bridgehead atoms. The van der Waals surface area contributed by atoms with Crippen molar-refractivity contribution in [1.29, 1.82) is 5.26 Å². The van der Waals surface area contributed by atoms with Gasteiger partial charge in [0.15, 0.2) is 0 Å². The van der Waals surface area contributed by atoms with Crippen molar-refractivity contribution in [2.75, 3.05) is 20.2 Å². The number of hydrogen-bond donors (Lipinski definition) is 0. The van der Waals surface area contributed by atoms with Crippen LogP contribution in [0.3, 0.4) is 0 Å². The van der Waals surface area contributed by atoms with E-state index in [1.165, 1.54) is 6.42 Å². The summed E-state index contributed by atoms with van der Waals surface area (Å²) >= 11 is 0. The molecule has 0 radical (unpaired) electrons. The Kier molecular flexibility index (Phi) is 7.59. The Labute approximate surface area is 212 Å². The zero-order valence-electron chi connectivity index (χ0n) is 20.0. The molecule has 3 saturated heterocycles. The third-order valence-corrected chi connectivity index (χ3v) is 7.52. The number of methoxy groups -OCH3 is 1. The number of ether oxygens (including phenoxy) is 2. The molecule has 3 aromatic rings. The second-order valence-electron chi connectivity index (χ2n) is 9.30. The molecule has 182 valence electrons. The summed E-state index contributed by atoms with van der Waals surface area (Å²) in [6.45, 7) is 4.28. The molecule has 0 spiro atoms. The van der Waals surface area contributed by atoms with Crippen LogP contribution < -0.4 is 4.74 Å². The maximum absolute atomic E-state index is 13.3. The van der Waals surface area contributed by atoms with Crippen molar-refractivity contribution in [2.24, 2.45) is 11.8 Å². The molecule has 4 heterocycles. The first-order valence-corrected chi connectivity index (χ1v) is 12.0. The highest BCUT2D eigenvalue weighted by molar-refractivity contribution is 5.90. The number of carbonyl (C=O) groups excluding carboxylic acids is 1. The molecule has 1 aromatic heterocycles. The molecule has 6 rings (SSSR count). The molecule has 7 heteroatoms. The normalized spacial score (nSPS) is 23.7. The van der Waals surface area contributed by atoms with Crippen molar-refractivity contribution >= 4 is 29.3 Å². The first kappa shape index (κ1) is 25.0. The van der Waals surface area contributed by atoms with Crippen molar-refractivity contribution in [2.45, 2.75) is 38.3 Å². The molecule has 3 aliphatic heterocycles. The van der Waals surface area contributed by atoms with Gasteiger partial charge in [-0.2, -0.15) is 5.26 Å². The summed E-state index contributed by atoms with van der Waals surface area (Å²) in [6.07, 6.45) is 2.80. The van der Waals surface area contributed by atoms with Gasteiger partial charge >= 0.3 is 5.97 Å². The number of halogens is 1. The van der Waals surface area contributed by atoms with Crippen molar-refractivity contribution in [3.05, 3.63) is 71.4 Å². The highest BCUT2D eigenvalue weighted by Gasteiger charge is 2.44. The number of rotatable bonds is 6. The summed E-state index contributed by atoms with van der Waals surface area (Å²) in [5.41, 5.74) is 2.34. The van der Waals surface area contributed by atoms with Crippen LogP contribution in [0.2, 0.25) is 0 Å². The predicted octanol–water partition coefficient (Wildman–Crippen LogP) is 5.56. The molecule has 0 aliphatic carbocycles. The van der Waals surface area contributed by atoms with Crippen LogP contribution in [0.25, 0.3) is 10.9 Å². The van der Waals surface area contributed by atoms with Crippen molar-refractivity contribution in [1.82, 2.24) is 9.88 Å². The van der Waals surface area contributed by atoms with Gasteiger partial charge in [-0.25, -0.2) is 9.78 Å². The summed E-state index contributed by atoms with van der Waals surface area (Å²) in [6, 6.07) is 18.7. The number of benzene rings is 2. The molecular weight excluding hydrogens is 462 g/mol. The van der Waals surface area contributed by atoms with E-state index >= 15 is 0 Å². The maximum atomic E-state index is 13.3. The molecule has 0 saturated carbocycles. The minimum atomic E-state index is -0.516. The van der Waals surface area contributed by atoms with E-state index in [0.29, 0.717) is 34.4 Å². The average molecular weight is 492 g/mol. The van der Waals surface area contributed by atoms with E-state index < -0.39 is 6.10 Å². The van der Waals surface area contributed by atoms with E-state index in [2.05, 4.69) is 22.9 Å². The largest absolute Gasteiger partial charge is 0.497 e. The SMILES string of the molecule is CC[C@H]1CN2CC[C@H]1C[C@H]2[C@H](OC(=O)c1ccccc1)c1cc(C#N)nc2ccc(OC)cc12.Cl. The fourth-order valence-corrected chi connectivity index (χ4v) is 5.71. The minimum Gasteiger partial charge on any atom is -0.497 e. The minimum absolute atomic E-state index is 0. The van der Waals surface area contributed by atoms with E-state index in [-0.39, 0.29) is 24.4 Å². The monoisotopic (exact) mass is 491 g/mol. The molecule has 0 N–H and O–H groups in total. The summed E-state index contributed by atoms with van der Waals surface area (Å²) < 4.78 is 11.8. The van der Waals surface area contributed by atoms with Crippen LogP contribution in [0.5, 0.6) is 5.75 Å². The standard InChI is InChI=1S/C28H29N3O3.ClH/c1-3-18-17-31-12-11-20(18)13-26(31)27(34-28(32)19-7-5-4-6-8-19)24-14-21(16-29)30-25-10-9-22(33-2)15-23(24)25;/h4-10,14-15,18,20,26-27H,3,11-13,17H2,1-2H3;1H/t18-,20-,26-,27+;/m0./s1. The second-order valence-corrected chi connectivity index (χ2v) is 9.30. The third kappa shape index (κ3) is 4.84. The summed E-state index contributed by atoms with van der Waals surface area (Å²) in [5.74, 6) is 1.65. The molecule has 3 aliphatic rings. The topological polar surface area (TPSA) is 75.5 Å². The smallest absolute Gasteiger partial charge is 0.338 e. The molecule has 3 fully saturated rings. The maximum Gasteiger partial charge on any atom is 0.338 e. The van der Waals surface area contributed by atoms with Gasteiger partial charge in [-0.15, -0.1) is 12.4 Å². The summed E-state index contributed by atoms with van der Waals surface area (Å²) in [7, 11) is 1.63. The number of aromatic nitrogens is 1. The van der Waals surface area contributed by atoms with E-state index in [4.69, 9.17) is 9.47 Å². The number of hydrogen-bond acceptors (Lipinski definition) is 6. The first-order chi connectivity index (χ1) is 16.6. The van der Waals surface area contributed by atoms with Crippen molar-refractivity contribution in [3.8, 4) is 11.8 Å². The molecule has 35 heavy (non-hydrogen) atoms. The Balaban J connectivity index is 0.00000289. The Hall–Kier alpha value is -3.14. The lowest BCUT2D eigenvalue weighted by Gasteiger charge is -2.51. The van der Waals surface area contributed by atoms with E-state index in [0.717, 1.165) is 36.9 Å². The third-order valence-electron chi connectivity index (χ3n) is 7.52. The zero-order chi connectivity index (χ0) is 23.7. The lowest BCUT2D eigenvalue weighted by atomic mass is 9.72. The Morgan fingerprint density at radius 3 is 2.69 bits per heavy atom. The lowest BCUT2D eigenvalue weighted by Crippen LogP contribution is -2.55. The van der Waals surface area contributed by atoms with Crippen LogP contribution in [-0.2, 0) is 4.74 Å². The number of nitrogens with zero attached hydrogens (tertiary/aromatic N) is 3. The number of pyridine rings is 1. The van der Waals surface area contributed by atoms with Gasteiger partial charge in [0.2, 0.25) is 0 Å². The van der Waals surface area contributed by atoms with Crippen LogP contribution in [-0.4, -0.2) is 42.1 Å². The van der Waals surface area contributed by atoms with E-state index in [1.54, 1.807) is 25.3 Å². The van der Waals surface area contributed by atoms with Crippen molar-refractivity contribution < 1.29 is 14.3 Å². The summed E-state index contributed by atoms with van der Waals surface area (Å²) in [4.78, 5) is 20.2. The average Bonchev–Trinajstić information content (AvgIpc) is 2.91. The molecule has 1 unspecified atom stereocenters. The van der Waals surface area contributed by atoms with Gasteiger partial charge in [-0.3, -0.25) is 4.90 Å². The Morgan fingerprint density at radius 1 is 1.23 bits per heavy atom. The highest BCUT2D eigenvalue weighted by atomic mass is 35.5. The molecule has 2 aromatic carbocycles. The molecule has 0 amide bonds. The van der Waals surface area contributed by atoms with Gasteiger partial charge in [0.1, 0.15) is 23.6 Å². The van der Waals surface area contributed by atoms with Crippen LogP contribution >= 0.6 is 12.4 Å². The Morgan fingerprint density at radius 2 is 2.03 bits per heavy atom. The van der Waals surface area contributed by atoms with Crippen molar-refractivity contribution in [3.63, 3.8) is 0 Å². The van der Waals surface area contributed by atoms with E-state index in [1.807, 2.05) is 36.4 Å². The molecule has 6 nitrogen and oxygen atoms in total. The lowest BCUT2D eigenvalue weighted by molar-refractivity contribution is -0.0659. The van der Waals surface area contributed by atoms with Gasteiger partial charge in [0.25, 0.3) is 0 Å². The highest BCUT2D eigenvalue weighted by Crippen LogP contribution is 2.44. The fraction of sp³-hybridized carbons (Fsp3) is 0.393. The van der Waals surface area contributed by atoms with Crippen LogP contribution in [0, 0.1) is 23.2 Å². The van der Waals surface area contributed by atoms with Crippen LogP contribution in [0.1, 0.15) is 53.9 Å². The molecular formula is C28H30ClN3O3. The number of carbonyl (C=O) groups is 1. The fourth-order valence-electron chi connectivity index (χ4n) is 5.71. The van der Waals surface area contributed by atoms with Gasteiger partial charge in [-0.1, -0.05) is 31.5 Å². The van der Waals surface area contributed by atoms with Crippen LogP contribution in [0.4, 0.5) is 0 Å². The Bertz CT molecular complexity index is 1240.